The van der Waals surface area contributed by atoms with Crippen LogP contribution in [0.5, 0.6) is 5.75 Å². The Labute approximate surface area is 100 Å². The van der Waals surface area contributed by atoms with E-state index in [2.05, 4.69) is 0 Å². The maximum atomic E-state index is 9.32. The van der Waals surface area contributed by atoms with Crippen LogP contribution in [0.15, 0.2) is 12.1 Å². The summed E-state index contributed by atoms with van der Waals surface area (Å²) in [4.78, 5) is 2.04. The van der Waals surface area contributed by atoms with Gasteiger partial charge in [0.15, 0.2) is 0 Å². The molecule has 0 aliphatic carbocycles. The molecule has 0 bridgehead atoms. The molecule has 2 rings (SSSR count). The summed E-state index contributed by atoms with van der Waals surface area (Å²) in [5.74, 6) is 0.688. The molecular weight excluding hydrogens is 220 g/mol. The molecule has 1 aromatic carbocycles. The van der Waals surface area contributed by atoms with Gasteiger partial charge in [-0.3, -0.25) is 0 Å². The fraction of sp³-hybridized carbons (Fsp3) is 0.500. The van der Waals surface area contributed by atoms with E-state index in [0.717, 1.165) is 18.7 Å². The summed E-state index contributed by atoms with van der Waals surface area (Å²) < 4.78 is 5.66. The molecule has 0 aromatic heterocycles. The lowest BCUT2D eigenvalue weighted by Crippen LogP contribution is -2.27. The second-order valence-electron chi connectivity index (χ2n) is 4.10. The van der Waals surface area contributed by atoms with Crippen LogP contribution in [0.3, 0.4) is 0 Å². The molecule has 0 saturated heterocycles. The number of anilines is 2. The molecule has 4 N–H and O–H groups in total. The third-order valence-electron chi connectivity index (χ3n) is 2.87. The Bertz CT molecular complexity index is 396. The zero-order valence-electron chi connectivity index (χ0n) is 9.72. The normalized spacial score (nSPS) is 15.1. The number of nitrogens with zero attached hydrogens (tertiary/aromatic N) is 1. The lowest BCUT2D eigenvalue weighted by Gasteiger charge is -2.24. The first-order valence-electron chi connectivity index (χ1n) is 5.78. The maximum absolute atomic E-state index is 9.32. The van der Waals surface area contributed by atoms with Gasteiger partial charge in [-0.15, -0.1) is 0 Å². The van der Waals surface area contributed by atoms with Gasteiger partial charge in [0.25, 0.3) is 0 Å². The number of aliphatic hydroxyl groups is 2. The summed E-state index contributed by atoms with van der Waals surface area (Å²) in [5, 5.41) is 18.4. The van der Waals surface area contributed by atoms with E-state index in [0.29, 0.717) is 30.2 Å². The van der Waals surface area contributed by atoms with Crippen molar-refractivity contribution in [2.24, 2.45) is 0 Å². The van der Waals surface area contributed by atoms with Gasteiger partial charge < -0.3 is 25.6 Å². The molecule has 0 radical (unpaired) electrons. The quantitative estimate of drug-likeness (QED) is 0.662. The smallest absolute Gasteiger partial charge is 0.148 e. The van der Waals surface area contributed by atoms with Gasteiger partial charge in [0, 0.05) is 24.3 Å². The number of benzene rings is 1. The van der Waals surface area contributed by atoms with Crippen molar-refractivity contribution < 1.29 is 14.9 Å². The molecule has 0 saturated carbocycles. The van der Waals surface area contributed by atoms with E-state index in [9.17, 15) is 5.11 Å². The molecule has 17 heavy (non-hydrogen) atoms. The van der Waals surface area contributed by atoms with E-state index >= 15 is 0 Å². The molecule has 0 amide bonds. The highest BCUT2D eigenvalue weighted by molar-refractivity contribution is 5.68. The fourth-order valence-corrected chi connectivity index (χ4v) is 2.12. The number of nitrogen functional groups attached to an aromatic ring is 1. The molecule has 1 aliphatic heterocycles. The number of aliphatic hydroxyl groups excluding tert-OH is 2. The first kappa shape index (κ1) is 12.0. The standard InChI is InChI=1S/C12H18N2O3/c13-10-6-9(8-16)12-11(7-10)14(3-4-15)2-1-5-17-12/h6-7,15-16H,1-5,8,13H2. The first-order valence-corrected chi connectivity index (χ1v) is 5.78. The molecule has 0 unspecified atom stereocenters. The Balaban J connectivity index is 2.45. The minimum absolute atomic E-state index is 0.0860. The summed E-state index contributed by atoms with van der Waals surface area (Å²) >= 11 is 0. The SMILES string of the molecule is Nc1cc(CO)c2c(c1)N(CCO)CCCO2. The number of nitrogens with two attached hydrogens (primary N) is 1. The highest BCUT2D eigenvalue weighted by Gasteiger charge is 2.19. The Morgan fingerprint density at radius 3 is 2.88 bits per heavy atom. The third kappa shape index (κ3) is 2.45. The molecule has 0 atom stereocenters. The maximum Gasteiger partial charge on any atom is 0.148 e. The average Bonchev–Trinajstić information content (AvgIpc) is 2.52. The van der Waals surface area contributed by atoms with Gasteiger partial charge in [-0.2, -0.15) is 0 Å². The summed E-state index contributed by atoms with van der Waals surface area (Å²) in [7, 11) is 0. The summed E-state index contributed by atoms with van der Waals surface area (Å²) in [6.45, 7) is 1.97. The van der Waals surface area contributed by atoms with E-state index < -0.39 is 0 Å². The summed E-state index contributed by atoms with van der Waals surface area (Å²) in [6.07, 6.45) is 0.888. The molecule has 0 spiro atoms. The van der Waals surface area contributed by atoms with Gasteiger partial charge >= 0.3 is 0 Å². The van der Waals surface area contributed by atoms with E-state index in [1.54, 1.807) is 6.07 Å². The minimum atomic E-state index is -0.0969. The zero-order chi connectivity index (χ0) is 12.3. The van der Waals surface area contributed by atoms with Gasteiger partial charge in [-0.1, -0.05) is 0 Å². The van der Waals surface area contributed by atoms with Crippen LogP contribution in [0.1, 0.15) is 12.0 Å². The van der Waals surface area contributed by atoms with Crippen molar-refractivity contribution in [3.05, 3.63) is 17.7 Å². The van der Waals surface area contributed by atoms with Crippen molar-refractivity contribution >= 4 is 11.4 Å². The van der Waals surface area contributed by atoms with Gasteiger partial charge in [0.05, 0.1) is 25.5 Å². The molecule has 1 aliphatic rings. The summed E-state index contributed by atoms with van der Waals surface area (Å²) in [5.41, 5.74) is 7.97. The Hall–Kier alpha value is -1.46. The number of rotatable bonds is 3. The summed E-state index contributed by atoms with van der Waals surface area (Å²) in [6, 6.07) is 3.55. The topological polar surface area (TPSA) is 79.0 Å². The lowest BCUT2D eigenvalue weighted by molar-refractivity contribution is 0.265. The highest BCUT2D eigenvalue weighted by Crippen LogP contribution is 2.36. The van der Waals surface area contributed by atoms with Crippen molar-refractivity contribution in [2.75, 3.05) is 36.9 Å². The highest BCUT2D eigenvalue weighted by atomic mass is 16.5. The van der Waals surface area contributed by atoms with Crippen LogP contribution in [0.25, 0.3) is 0 Å². The molecule has 1 heterocycles. The van der Waals surface area contributed by atoms with Crippen LogP contribution in [-0.2, 0) is 6.61 Å². The van der Waals surface area contributed by atoms with Crippen LogP contribution >= 0.6 is 0 Å². The van der Waals surface area contributed by atoms with Crippen molar-refractivity contribution in [1.29, 1.82) is 0 Å². The number of fused-ring (bicyclic) bond motifs is 1. The molecule has 5 nitrogen and oxygen atoms in total. The van der Waals surface area contributed by atoms with Crippen molar-refractivity contribution in [1.82, 2.24) is 0 Å². The largest absolute Gasteiger partial charge is 0.491 e. The Morgan fingerprint density at radius 2 is 2.18 bits per heavy atom. The zero-order valence-corrected chi connectivity index (χ0v) is 9.72. The Morgan fingerprint density at radius 1 is 1.35 bits per heavy atom. The van der Waals surface area contributed by atoms with Gasteiger partial charge in [0.2, 0.25) is 0 Å². The average molecular weight is 238 g/mol. The van der Waals surface area contributed by atoms with Crippen molar-refractivity contribution in [3.63, 3.8) is 0 Å². The van der Waals surface area contributed by atoms with Crippen LogP contribution in [-0.4, -0.2) is 36.5 Å². The number of ether oxygens (including phenoxy) is 1. The number of hydrogen-bond acceptors (Lipinski definition) is 5. The van der Waals surface area contributed by atoms with E-state index in [1.807, 2.05) is 11.0 Å². The predicted octanol–water partition coefficient (Wildman–Crippen LogP) is 0.342. The van der Waals surface area contributed by atoms with Crippen LogP contribution < -0.4 is 15.4 Å². The van der Waals surface area contributed by atoms with Gasteiger partial charge in [-0.25, -0.2) is 0 Å². The molecular formula is C12H18N2O3. The second kappa shape index (κ2) is 5.25. The monoisotopic (exact) mass is 238 g/mol. The molecule has 1 aromatic rings. The minimum Gasteiger partial charge on any atom is -0.491 e. The van der Waals surface area contributed by atoms with Crippen molar-refractivity contribution in [3.8, 4) is 5.75 Å². The van der Waals surface area contributed by atoms with E-state index in [4.69, 9.17) is 15.6 Å². The van der Waals surface area contributed by atoms with Crippen LogP contribution in [0, 0.1) is 0 Å². The molecule has 5 heteroatoms. The first-order chi connectivity index (χ1) is 8.26. The lowest BCUT2D eigenvalue weighted by atomic mass is 10.1. The Kier molecular flexibility index (Phi) is 3.71. The van der Waals surface area contributed by atoms with E-state index in [-0.39, 0.29) is 13.2 Å². The second-order valence-corrected chi connectivity index (χ2v) is 4.10. The number of hydrogen-bond donors (Lipinski definition) is 3. The number of β-amino-alcohol motifs (C(OH)–C–C–N with tert-alkyl or cyclic N) is 1. The van der Waals surface area contributed by atoms with Crippen molar-refractivity contribution in [2.45, 2.75) is 13.0 Å². The predicted molar refractivity (Wildman–Crippen MR) is 66.2 cm³/mol. The fourth-order valence-electron chi connectivity index (χ4n) is 2.12. The van der Waals surface area contributed by atoms with Gasteiger partial charge in [0.1, 0.15) is 5.75 Å². The van der Waals surface area contributed by atoms with Gasteiger partial charge in [-0.05, 0) is 18.6 Å². The van der Waals surface area contributed by atoms with Crippen LogP contribution in [0.2, 0.25) is 0 Å². The molecule has 0 fully saturated rings. The third-order valence-corrected chi connectivity index (χ3v) is 2.87. The molecule has 94 valence electrons. The van der Waals surface area contributed by atoms with Crippen LogP contribution in [0.4, 0.5) is 11.4 Å². The van der Waals surface area contributed by atoms with E-state index in [1.165, 1.54) is 0 Å².